The molecule has 1 aromatic heterocycles. The molecule has 1 aromatic rings. The van der Waals surface area contributed by atoms with Gasteiger partial charge in [-0.05, 0) is 38.2 Å². The van der Waals surface area contributed by atoms with E-state index in [0.29, 0.717) is 31.8 Å². The van der Waals surface area contributed by atoms with Crippen molar-refractivity contribution in [1.82, 2.24) is 14.1 Å². The van der Waals surface area contributed by atoms with Crippen LogP contribution in [0.3, 0.4) is 0 Å². The third kappa shape index (κ3) is 3.46. The molecule has 2 saturated heterocycles. The Balaban J connectivity index is 1.46. The van der Waals surface area contributed by atoms with Gasteiger partial charge in [0.25, 0.3) is 5.56 Å². The van der Waals surface area contributed by atoms with Crippen LogP contribution >= 0.6 is 0 Å². The van der Waals surface area contributed by atoms with E-state index in [0.717, 1.165) is 18.5 Å². The van der Waals surface area contributed by atoms with Crippen molar-refractivity contribution < 1.29 is 16.8 Å². The maximum absolute atomic E-state index is 12.7. The van der Waals surface area contributed by atoms with Crippen molar-refractivity contribution >= 4 is 19.9 Å². The summed E-state index contributed by atoms with van der Waals surface area (Å²) in [4.78, 5) is 12.2. The second-order valence-corrected chi connectivity index (χ2v) is 12.0. The first-order chi connectivity index (χ1) is 12.3. The Morgan fingerprint density at radius 3 is 2.31 bits per heavy atom. The molecule has 3 aliphatic rings. The van der Waals surface area contributed by atoms with Gasteiger partial charge >= 0.3 is 0 Å². The first-order valence-electron chi connectivity index (χ1n) is 9.05. The molecule has 8 nitrogen and oxygen atoms in total. The van der Waals surface area contributed by atoms with Crippen molar-refractivity contribution in [2.75, 3.05) is 24.6 Å². The van der Waals surface area contributed by atoms with Gasteiger partial charge in [-0.3, -0.25) is 4.79 Å². The molecule has 26 heavy (non-hydrogen) atoms. The summed E-state index contributed by atoms with van der Waals surface area (Å²) in [5.74, 6) is 0.118. The van der Waals surface area contributed by atoms with Crippen molar-refractivity contribution in [3.63, 3.8) is 0 Å². The van der Waals surface area contributed by atoms with Gasteiger partial charge in [-0.15, -0.1) is 0 Å². The topological polar surface area (TPSA) is 106 Å². The Hall–Kier alpha value is -1.26. The van der Waals surface area contributed by atoms with Crippen molar-refractivity contribution in [3.05, 3.63) is 28.2 Å². The van der Waals surface area contributed by atoms with Crippen LogP contribution < -0.4 is 5.56 Å². The van der Waals surface area contributed by atoms with Crippen molar-refractivity contribution in [3.8, 4) is 0 Å². The minimum absolute atomic E-state index is 0.0549. The molecule has 144 valence electrons. The number of aromatic nitrogens is 2. The third-order valence-corrected chi connectivity index (χ3v) is 9.89. The van der Waals surface area contributed by atoms with Crippen LogP contribution in [0.4, 0.5) is 0 Å². The molecule has 2 aliphatic heterocycles. The zero-order chi connectivity index (χ0) is 18.5. The predicted molar refractivity (Wildman–Crippen MR) is 96.3 cm³/mol. The second-order valence-electron chi connectivity index (χ2n) is 7.52. The molecule has 3 heterocycles. The highest BCUT2D eigenvalue weighted by molar-refractivity contribution is 7.95. The van der Waals surface area contributed by atoms with Crippen LogP contribution in [0.1, 0.15) is 49.8 Å². The highest BCUT2D eigenvalue weighted by Gasteiger charge is 2.41. The van der Waals surface area contributed by atoms with E-state index >= 15 is 0 Å². The molecule has 1 aliphatic carbocycles. The van der Waals surface area contributed by atoms with E-state index in [1.165, 1.54) is 8.99 Å². The van der Waals surface area contributed by atoms with Crippen LogP contribution in [0.5, 0.6) is 0 Å². The summed E-state index contributed by atoms with van der Waals surface area (Å²) < 4.78 is 51.6. The molecule has 1 saturated carbocycles. The number of hydrogen-bond donors (Lipinski definition) is 0. The lowest BCUT2D eigenvalue weighted by Crippen LogP contribution is -2.45. The maximum Gasteiger partial charge on any atom is 0.267 e. The molecule has 0 spiro atoms. The lowest BCUT2D eigenvalue weighted by Gasteiger charge is -2.33. The molecule has 0 amide bonds. The van der Waals surface area contributed by atoms with E-state index in [-0.39, 0.29) is 29.5 Å². The SMILES string of the molecule is O=c1ccc(C2CC2)nn1C1CCN(S(=O)(=O)[C@H]2CCS(=O)(=O)C2)CC1. The van der Waals surface area contributed by atoms with E-state index in [2.05, 4.69) is 5.10 Å². The zero-order valence-corrected chi connectivity index (χ0v) is 16.1. The normalized spacial score (nSPS) is 27.6. The molecular formula is C16H23N3O5S2. The Kier molecular flexibility index (Phi) is 4.47. The van der Waals surface area contributed by atoms with Gasteiger partial charge in [0.1, 0.15) is 0 Å². The van der Waals surface area contributed by atoms with E-state index in [4.69, 9.17) is 0 Å². The first kappa shape index (κ1) is 18.1. The molecule has 0 radical (unpaired) electrons. The Labute approximate surface area is 153 Å². The van der Waals surface area contributed by atoms with Crippen LogP contribution in [0.15, 0.2) is 16.9 Å². The Morgan fingerprint density at radius 1 is 1.04 bits per heavy atom. The number of rotatable bonds is 4. The maximum atomic E-state index is 12.7. The third-order valence-electron chi connectivity index (χ3n) is 5.58. The summed E-state index contributed by atoms with van der Waals surface area (Å²) >= 11 is 0. The number of hydrogen-bond acceptors (Lipinski definition) is 6. The monoisotopic (exact) mass is 401 g/mol. The van der Waals surface area contributed by atoms with Crippen LogP contribution in [0.25, 0.3) is 0 Å². The fraction of sp³-hybridized carbons (Fsp3) is 0.750. The minimum atomic E-state index is -3.61. The molecule has 10 heteroatoms. The first-order valence-corrected chi connectivity index (χ1v) is 12.4. The van der Waals surface area contributed by atoms with E-state index in [1.54, 1.807) is 12.1 Å². The predicted octanol–water partition coefficient (Wildman–Crippen LogP) is 0.275. The average molecular weight is 402 g/mol. The second kappa shape index (κ2) is 6.42. The molecule has 3 fully saturated rings. The minimum Gasteiger partial charge on any atom is -0.268 e. The smallest absolute Gasteiger partial charge is 0.267 e. The standard InChI is InChI=1S/C16H23N3O5S2/c20-16-4-3-15(12-1-2-12)17-19(16)13-5-8-18(9-6-13)26(23,24)14-7-10-25(21,22)11-14/h3-4,12-14H,1-2,5-11H2/t14-/m0/s1. The van der Waals surface area contributed by atoms with Gasteiger partial charge in [-0.2, -0.15) is 5.10 Å². The summed E-state index contributed by atoms with van der Waals surface area (Å²) in [5.41, 5.74) is 0.786. The number of piperidine rings is 1. The summed E-state index contributed by atoms with van der Waals surface area (Å²) in [6, 6.07) is 3.23. The summed E-state index contributed by atoms with van der Waals surface area (Å²) in [5, 5.41) is 3.67. The van der Waals surface area contributed by atoms with Crippen LogP contribution in [-0.2, 0) is 19.9 Å². The average Bonchev–Trinajstić information content (AvgIpc) is 3.38. The van der Waals surface area contributed by atoms with Crippen molar-refractivity contribution in [2.45, 2.75) is 49.3 Å². The van der Waals surface area contributed by atoms with Gasteiger partial charge in [0.05, 0.1) is 28.5 Å². The van der Waals surface area contributed by atoms with Crippen molar-refractivity contribution in [2.24, 2.45) is 0 Å². The summed E-state index contributed by atoms with van der Waals surface area (Å²) in [6.45, 7) is 0.594. The van der Waals surface area contributed by atoms with Gasteiger partial charge < -0.3 is 0 Å². The largest absolute Gasteiger partial charge is 0.268 e. The lowest BCUT2D eigenvalue weighted by atomic mass is 10.1. The summed E-state index contributed by atoms with van der Waals surface area (Å²) in [7, 11) is -6.86. The molecular weight excluding hydrogens is 378 g/mol. The van der Waals surface area contributed by atoms with Gasteiger partial charge in [-0.25, -0.2) is 25.8 Å². The molecule has 0 bridgehead atoms. The molecule has 4 rings (SSSR count). The van der Waals surface area contributed by atoms with E-state index in [9.17, 15) is 21.6 Å². The molecule has 0 unspecified atom stereocenters. The van der Waals surface area contributed by atoms with Crippen molar-refractivity contribution in [1.29, 1.82) is 0 Å². The fourth-order valence-corrected chi connectivity index (χ4v) is 8.41. The van der Waals surface area contributed by atoms with Crippen LogP contribution in [0, 0.1) is 0 Å². The van der Waals surface area contributed by atoms with E-state index < -0.39 is 25.1 Å². The number of sulfone groups is 1. The van der Waals surface area contributed by atoms with Crippen LogP contribution in [-0.4, -0.2) is 60.8 Å². The van der Waals surface area contributed by atoms with Gasteiger partial charge in [0, 0.05) is 25.1 Å². The Morgan fingerprint density at radius 2 is 1.73 bits per heavy atom. The van der Waals surface area contributed by atoms with Gasteiger partial charge in [0.15, 0.2) is 9.84 Å². The molecule has 0 N–H and O–H groups in total. The number of sulfonamides is 1. The lowest BCUT2D eigenvalue weighted by molar-refractivity contribution is 0.252. The van der Waals surface area contributed by atoms with Gasteiger partial charge in [0.2, 0.25) is 10.0 Å². The number of nitrogens with zero attached hydrogens (tertiary/aromatic N) is 3. The highest BCUT2D eigenvalue weighted by Crippen LogP contribution is 2.38. The fourth-order valence-electron chi connectivity index (χ4n) is 3.85. The molecule has 0 aromatic carbocycles. The zero-order valence-electron chi connectivity index (χ0n) is 14.5. The molecule has 1 atom stereocenters. The van der Waals surface area contributed by atoms with Crippen LogP contribution in [0.2, 0.25) is 0 Å². The Bertz CT molecular complexity index is 958. The van der Waals surface area contributed by atoms with E-state index in [1.807, 2.05) is 0 Å². The quantitative estimate of drug-likeness (QED) is 0.717. The van der Waals surface area contributed by atoms with Gasteiger partial charge in [-0.1, -0.05) is 0 Å². The highest BCUT2D eigenvalue weighted by atomic mass is 32.2. The summed E-state index contributed by atoms with van der Waals surface area (Å²) in [6.07, 6.45) is 3.41.